The highest BCUT2D eigenvalue weighted by atomic mass is 35.5. The molecule has 0 aliphatic rings. The van der Waals surface area contributed by atoms with Gasteiger partial charge in [0.25, 0.3) is 0 Å². The van der Waals surface area contributed by atoms with Gasteiger partial charge in [-0.1, -0.05) is 35.6 Å². The average Bonchev–Trinajstić information content (AvgIpc) is 2.45. The lowest BCUT2D eigenvalue weighted by molar-refractivity contribution is 0.306. The van der Waals surface area contributed by atoms with Gasteiger partial charge in [-0.15, -0.1) is 0 Å². The zero-order valence-corrected chi connectivity index (χ0v) is 11.5. The Kier molecular flexibility index (Phi) is 5.00. The first-order valence-electron chi connectivity index (χ1n) is 6.05. The minimum absolute atomic E-state index is 0.197. The van der Waals surface area contributed by atoms with Gasteiger partial charge in [-0.05, 0) is 35.9 Å². The van der Waals surface area contributed by atoms with Crippen LogP contribution in [0.1, 0.15) is 11.1 Å². The van der Waals surface area contributed by atoms with E-state index in [1.165, 1.54) is 6.07 Å². The van der Waals surface area contributed by atoms with Gasteiger partial charge in [0, 0.05) is 5.02 Å². The van der Waals surface area contributed by atoms with Gasteiger partial charge < -0.3 is 10.5 Å². The molecule has 0 heterocycles. The Hall–Kier alpha value is -2.02. The molecular weight excluding hydrogens is 277 g/mol. The molecule has 0 aliphatic heterocycles. The topological polar surface area (TPSA) is 35.2 Å². The molecule has 102 valence electrons. The van der Waals surface area contributed by atoms with Crippen LogP contribution in [-0.4, -0.2) is 6.54 Å². The Morgan fingerprint density at radius 3 is 2.80 bits per heavy atom. The molecular formula is C16H13ClFNO. The number of nitrogens with two attached hydrogens (primary N) is 1. The summed E-state index contributed by atoms with van der Waals surface area (Å²) in [6.45, 7) is 0.514. The lowest BCUT2D eigenvalue weighted by Crippen LogP contribution is -1.98. The summed E-state index contributed by atoms with van der Waals surface area (Å²) in [4.78, 5) is 0. The van der Waals surface area contributed by atoms with E-state index >= 15 is 0 Å². The smallest absolute Gasteiger partial charge is 0.138 e. The van der Waals surface area contributed by atoms with Crippen LogP contribution >= 0.6 is 11.6 Å². The number of rotatable bonds is 3. The van der Waals surface area contributed by atoms with E-state index in [9.17, 15) is 4.39 Å². The van der Waals surface area contributed by atoms with Crippen molar-refractivity contribution in [3.05, 3.63) is 64.4 Å². The molecule has 0 fully saturated rings. The maximum atomic E-state index is 13.5. The van der Waals surface area contributed by atoms with Gasteiger partial charge in [-0.3, -0.25) is 0 Å². The Bertz CT molecular complexity index is 661. The van der Waals surface area contributed by atoms with Crippen LogP contribution in [0.5, 0.6) is 5.75 Å². The van der Waals surface area contributed by atoms with Crippen LogP contribution < -0.4 is 10.5 Å². The van der Waals surface area contributed by atoms with Crippen LogP contribution in [-0.2, 0) is 6.61 Å². The van der Waals surface area contributed by atoms with Gasteiger partial charge in [-0.2, -0.15) is 0 Å². The highest BCUT2D eigenvalue weighted by molar-refractivity contribution is 6.30. The van der Waals surface area contributed by atoms with Crippen molar-refractivity contribution in [1.29, 1.82) is 0 Å². The molecule has 0 amide bonds. The number of hydrogen-bond acceptors (Lipinski definition) is 2. The first kappa shape index (κ1) is 14.4. The van der Waals surface area contributed by atoms with Crippen molar-refractivity contribution in [2.75, 3.05) is 6.54 Å². The second-order valence-corrected chi connectivity index (χ2v) is 4.50. The van der Waals surface area contributed by atoms with Crippen molar-refractivity contribution in [3.63, 3.8) is 0 Å². The van der Waals surface area contributed by atoms with Gasteiger partial charge in [0.2, 0.25) is 0 Å². The summed E-state index contributed by atoms with van der Waals surface area (Å²) >= 11 is 5.87. The normalized spacial score (nSPS) is 9.75. The molecule has 0 spiro atoms. The molecule has 2 N–H and O–H groups in total. The van der Waals surface area contributed by atoms with Crippen molar-refractivity contribution in [2.24, 2.45) is 5.73 Å². The third-order valence-corrected chi connectivity index (χ3v) is 2.79. The molecule has 2 aromatic carbocycles. The fraction of sp³-hybridized carbons (Fsp3) is 0.125. The highest BCUT2D eigenvalue weighted by Gasteiger charge is 2.02. The van der Waals surface area contributed by atoms with E-state index in [4.69, 9.17) is 22.1 Å². The van der Waals surface area contributed by atoms with Crippen LogP contribution in [0, 0.1) is 17.7 Å². The van der Waals surface area contributed by atoms with Crippen molar-refractivity contribution in [2.45, 2.75) is 6.61 Å². The lowest BCUT2D eigenvalue weighted by Gasteiger charge is -2.07. The SMILES string of the molecule is NCC#Cc1cc(COc2cccc(Cl)c2)ccc1F. The summed E-state index contributed by atoms with van der Waals surface area (Å²) in [5.74, 6) is 5.63. The van der Waals surface area contributed by atoms with Crippen LogP contribution in [0.15, 0.2) is 42.5 Å². The number of hydrogen-bond donors (Lipinski definition) is 1. The zero-order chi connectivity index (χ0) is 14.4. The van der Waals surface area contributed by atoms with E-state index in [0.717, 1.165) is 5.56 Å². The second-order valence-electron chi connectivity index (χ2n) is 4.07. The molecule has 2 aromatic rings. The molecule has 0 unspecified atom stereocenters. The molecule has 0 saturated carbocycles. The third-order valence-electron chi connectivity index (χ3n) is 2.56. The molecule has 4 heteroatoms. The van der Waals surface area contributed by atoms with Gasteiger partial charge >= 0.3 is 0 Å². The summed E-state index contributed by atoms with van der Waals surface area (Å²) in [5.41, 5.74) is 6.43. The van der Waals surface area contributed by atoms with Crippen molar-refractivity contribution in [1.82, 2.24) is 0 Å². The predicted molar refractivity (Wildman–Crippen MR) is 78.1 cm³/mol. The zero-order valence-electron chi connectivity index (χ0n) is 10.7. The Morgan fingerprint density at radius 2 is 2.05 bits per heavy atom. The number of halogens is 2. The number of ether oxygens (including phenoxy) is 1. The maximum absolute atomic E-state index is 13.5. The predicted octanol–water partition coefficient (Wildman–Crippen LogP) is 3.37. The molecule has 0 aromatic heterocycles. The van der Waals surface area contributed by atoms with Crippen LogP contribution in [0.3, 0.4) is 0 Å². The van der Waals surface area contributed by atoms with E-state index in [-0.39, 0.29) is 12.4 Å². The summed E-state index contributed by atoms with van der Waals surface area (Å²) in [6.07, 6.45) is 0. The van der Waals surface area contributed by atoms with Crippen molar-refractivity contribution >= 4 is 11.6 Å². The van der Waals surface area contributed by atoms with Crippen LogP contribution in [0.2, 0.25) is 5.02 Å². The molecule has 0 aliphatic carbocycles. The monoisotopic (exact) mass is 289 g/mol. The van der Waals surface area contributed by atoms with Gasteiger partial charge in [0.05, 0.1) is 12.1 Å². The van der Waals surface area contributed by atoms with Gasteiger partial charge in [0.1, 0.15) is 18.2 Å². The second kappa shape index (κ2) is 6.95. The summed E-state index contributed by atoms with van der Waals surface area (Å²) < 4.78 is 19.1. The van der Waals surface area contributed by atoms with E-state index in [0.29, 0.717) is 22.9 Å². The quantitative estimate of drug-likeness (QED) is 0.879. The van der Waals surface area contributed by atoms with E-state index < -0.39 is 0 Å². The minimum Gasteiger partial charge on any atom is -0.489 e. The highest BCUT2D eigenvalue weighted by Crippen LogP contribution is 2.19. The average molecular weight is 290 g/mol. The number of benzene rings is 2. The largest absolute Gasteiger partial charge is 0.489 e. The first-order chi connectivity index (χ1) is 9.69. The Balaban J connectivity index is 2.10. The molecule has 0 radical (unpaired) electrons. The van der Waals surface area contributed by atoms with Crippen molar-refractivity contribution in [3.8, 4) is 17.6 Å². The van der Waals surface area contributed by atoms with E-state index in [2.05, 4.69) is 11.8 Å². The Labute approximate surface area is 122 Å². The summed E-state index contributed by atoms with van der Waals surface area (Å²) in [5, 5.41) is 0.608. The summed E-state index contributed by atoms with van der Waals surface area (Å²) in [7, 11) is 0. The van der Waals surface area contributed by atoms with Gasteiger partial charge in [-0.25, -0.2) is 4.39 Å². The fourth-order valence-electron chi connectivity index (χ4n) is 1.63. The van der Waals surface area contributed by atoms with Gasteiger partial charge in [0.15, 0.2) is 0 Å². The molecule has 0 bridgehead atoms. The molecule has 2 rings (SSSR count). The maximum Gasteiger partial charge on any atom is 0.138 e. The molecule has 0 atom stereocenters. The molecule has 0 saturated heterocycles. The fourth-order valence-corrected chi connectivity index (χ4v) is 1.81. The lowest BCUT2D eigenvalue weighted by atomic mass is 10.1. The first-order valence-corrected chi connectivity index (χ1v) is 6.42. The molecule has 20 heavy (non-hydrogen) atoms. The molecule has 2 nitrogen and oxygen atoms in total. The van der Waals surface area contributed by atoms with Crippen LogP contribution in [0.4, 0.5) is 4.39 Å². The summed E-state index contributed by atoms with van der Waals surface area (Å²) in [6, 6.07) is 11.8. The van der Waals surface area contributed by atoms with E-state index in [1.807, 2.05) is 6.07 Å². The standard InChI is InChI=1S/C16H13ClFNO/c17-14-4-1-5-15(10-14)20-11-12-6-7-16(18)13(9-12)3-2-8-19/h1,4-7,9-10H,8,11,19H2. The third kappa shape index (κ3) is 3.99. The van der Waals surface area contributed by atoms with Crippen LogP contribution in [0.25, 0.3) is 0 Å². The van der Waals surface area contributed by atoms with E-state index in [1.54, 1.807) is 30.3 Å². The Morgan fingerprint density at radius 1 is 1.20 bits per heavy atom. The van der Waals surface area contributed by atoms with Crippen molar-refractivity contribution < 1.29 is 9.13 Å². The minimum atomic E-state index is -0.363.